The number of aliphatic hydroxyl groups excluding tert-OH is 1. The van der Waals surface area contributed by atoms with Crippen molar-refractivity contribution in [3.05, 3.63) is 59.4 Å². The number of hydrogen-bond acceptors (Lipinski definition) is 3. The van der Waals surface area contributed by atoms with Crippen LogP contribution in [0.15, 0.2) is 42.5 Å². The second-order valence-corrected chi connectivity index (χ2v) is 5.82. The molecule has 0 saturated carbocycles. The van der Waals surface area contributed by atoms with E-state index >= 15 is 0 Å². The summed E-state index contributed by atoms with van der Waals surface area (Å²) in [6, 6.07) is 10.3. The number of urea groups is 1. The Morgan fingerprint density at radius 2 is 1.96 bits per heavy atom. The van der Waals surface area contributed by atoms with Crippen LogP contribution in [0.5, 0.6) is 0 Å². The predicted octanol–water partition coefficient (Wildman–Crippen LogP) is 2.57. The van der Waals surface area contributed by atoms with Crippen molar-refractivity contribution in [2.24, 2.45) is 0 Å². The molecule has 0 spiro atoms. The largest absolute Gasteiger partial charge is 0.387 e. The first kappa shape index (κ1) is 16.9. The highest BCUT2D eigenvalue weighted by atomic mass is 19.1. The van der Waals surface area contributed by atoms with Gasteiger partial charge >= 0.3 is 6.03 Å². The predicted molar refractivity (Wildman–Crippen MR) is 91.8 cm³/mol. The highest BCUT2D eigenvalue weighted by molar-refractivity contribution is 5.96. The molecular formula is C18H18FN3O3. The summed E-state index contributed by atoms with van der Waals surface area (Å²) in [5, 5.41) is 18.0. The van der Waals surface area contributed by atoms with Gasteiger partial charge in [-0.25, -0.2) is 9.18 Å². The Kier molecular flexibility index (Phi) is 4.95. The van der Waals surface area contributed by atoms with Gasteiger partial charge in [0.1, 0.15) is 5.82 Å². The van der Waals surface area contributed by atoms with Crippen molar-refractivity contribution in [3.8, 4) is 0 Å². The summed E-state index contributed by atoms with van der Waals surface area (Å²) in [7, 11) is 0. The van der Waals surface area contributed by atoms with Crippen LogP contribution in [-0.4, -0.2) is 23.6 Å². The molecule has 1 heterocycles. The Morgan fingerprint density at radius 3 is 2.72 bits per heavy atom. The molecule has 0 saturated heterocycles. The average molecular weight is 343 g/mol. The van der Waals surface area contributed by atoms with E-state index in [0.29, 0.717) is 29.8 Å². The van der Waals surface area contributed by atoms with Gasteiger partial charge in [-0.2, -0.15) is 0 Å². The first-order chi connectivity index (χ1) is 12.0. The molecule has 3 amide bonds. The SMILES string of the molecule is O=C1CCc2ccc(NC(=O)NC[C@H](O)c3ccc(F)cc3)cc2N1. The Morgan fingerprint density at radius 1 is 1.20 bits per heavy atom. The molecule has 0 fully saturated rings. The van der Waals surface area contributed by atoms with Gasteiger partial charge in [-0.05, 0) is 41.8 Å². The van der Waals surface area contributed by atoms with E-state index in [1.807, 2.05) is 6.07 Å². The Balaban J connectivity index is 1.55. The number of anilines is 2. The van der Waals surface area contributed by atoms with Gasteiger partial charge in [0.15, 0.2) is 0 Å². The van der Waals surface area contributed by atoms with Crippen LogP contribution in [0.2, 0.25) is 0 Å². The van der Waals surface area contributed by atoms with Gasteiger partial charge in [-0.3, -0.25) is 4.79 Å². The lowest BCUT2D eigenvalue weighted by molar-refractivity contribution is -0.116. The van der Waals surface area contributed by atoms with Gasteiger partial charge in [0.25, 0.3) is 0 Å². The van der Waals surface area contributed by atoms with Crippen LogP contribution < -0.4 is 16.0 Å². The van der Waals surface area contributed by atoms with Crippen LogP contribution in [0.3, 0.4) is 0 Å². The molecule has 0 unspecified atom stereocenters. The van der Waals surface area contributed by atoms with E-state index in [0.717, 1.165) is 5.56 Å². The van der Waals surface area contributed by atoms with Crippen LogP contribution in [0.25, 0.3) is 0 Å². The van der Waals surface area contributed by atoms with Gasteiger partial charge < -0.3 is 21.1 Å². The van der Waals surface area contributed by atoms with Gasteiger partial charge in [-0.15, -0.1) is 0 Å². The van der Waals surface area contributed by atoms with Crippen molar-refractivity contribution in [2.75, 3.05) is 17.2 Å². The first-order valence-corrected chi connectivity index (χ1v) is 7.92. The zero-order valence-electron chi connectivity index (χ0n) is 13.4. The molecule has 130 valence electrons. The lowest BCUT2D eigenvalue weighted by Gasteiger charge is -2.18. The van der Waals surface area contributed by atoms with Crippen LogP contribution in [-0.2, 0) is 11.2 Å². The van der Waals surface area contributed by atoms with Crippen molar-refractivity contribution >= 4 is 23.3 Å². The number of nitrogens with one attached hydrogen (secondary N) is 3. The summed E-state index contributed by atoms with van der Waals surface area (Å²) in [4.78, 5) is 23.4. The summed E-state index contributed by atoms with van der Waals surface area (Å²) < 4.78 is 12.9. The van der Waals surface area contributed by atoms with Crippen LogP contribution in [0.1, 0.15) is 23.7 Å². The fourth-order valence-corrected chi connectivity index (χ4v) is 2.62. The normalized spacial score (nSPS) is 14.2. The minimum Gasteiger partial charge on any atom is -0.387 e. The number of hydrogen-bond donors (Lipinski definition) is 4. The van der Waals surface area contributed by atoms with Gasteiger partial charge in [0, 0.05) is 24.3 Å². The van der Waals surface area contributed by atoms with Gasteiger partial charge in [0.05, 0.1) is 6.10 Å². The van der Waals surface area contributed by atoms with Crippen LogP contribution >= 0.6 is 0 Å². The van der Waals surface area contributed by atoms with Crippen LogP contribution in [0, 0.1) is 5.82 Å². The molecule has 25 heavy (non-hydrogen) atoms. The number of fused-ring (bicyclic) bond motifs is 1. The monoisotopic (exact) mass is 343 g/mol. The highest BCUT2D eigenvalue weighted by Crippen LogP contribution is 2.25. The Labute approximate surface area is 144 Å². The van der Waals surface area contributed by atoms with Gasteiger partial charge in [-0.1, -0.05) is 18.2 Å². The topological polar surface area (TPSA) is 90.5 Å². The maximum absolute atomic E-state index is 12.9. The summed E-state index contributed by atoms with van der Waals surface area (Å²) in [6.07, 6.45) is 0.202. The van der Waals surface area contributed by atoms with Crippen molar-refractivity contribution in [1.29, 1.82) is 0 Å². The summed E-state index contributed by atoms with van der Waals surface area (Å²) in [5.41, 5.74) is 2.77. The van der Waals surface area contributed by atoms with Crippen molar-refractivity contribution in [3.63, 3.8) is 0 Å². The molecular weight excluding hydrogens is 325 g/mol. The number of amides is 3. The maximum atomic E-state index is 12.9. The summed E-state index contributed by atoms with van der Waals surface area (Å²) in [5.74, 6) is -0.433. The number of halogens is 1. The summed E-state index contributed by atoms with van der Waals surface area (Å²) in [6.45, 7) is -0.0147. The van der Waals surface area contributed by atoms with E-state index < -0.39 is 12.1 Å². The molecule has 1 aliphatic heterocycles. The second kappa shape index (κ2) is 7.31. The second-order valence-electron chi connectivity index (χ2n) is 5.82. The molecule has 4 N–H and O–H groups in total. The van der Waals surface area contributed by atoms with Gasteiger partial charge in [0.2, 0.25) is 5.91 Å². The molecule has 1 aliphatic rings. The number of rotatable bonds is 4. The van der Waals surface area contributed by atoms with E-state index in [1.54, 1.807) is 12.1 Å². The number of benzene rings is 2. The van der Waals surface area contributed by atoms with E-state index in [2.05, 4.69) is 16.0 Å². The number of aryl methyl sites for hydroxylation is 1. The standard InChI is InChI=1S/C18H18FN3O3/c19-13-5-1-12(2-6-13)16(23)10-20-18(25)21-14-7-3-11-4-8-17(24)22-15(11)9-14/h1-3,5-7,9,16,23H,4,8,10H2,(H,22,24)(H2,20,21,25)/t16-/m0/s1. The maximum Gasteiger partial charge on any atom is 0.319 e. The number of aliphatic hydroxyl groups is 1. The smallest absolute Gasteiger partial charge is 0.319 e. The minimum atomic E-state index is -0.936. The fourth-order valence-electron chi connectivity index (χ4n) is 2.62. The minimum absolute atomic E-state index is 0.0147. The quantitative estimate of drug-likeness (QED) is 0.688. The first-order valence-electron chi connectivity index (χ1n) is 7.92. The van der Waals surface area contributed by atoms with E-state index in [1.165, 1.54) is 24.3 Å². The molecule has 0 bridgehead atoms. The third kappa shape index (κ3) is 4.33. The zero-order chi connectivity index (χ0) is 17.8. The fraction of sp³-hybridized carbons (Fsp3) is 0.222. The van der Waals surface area contributed by atoms with Crippen molar-refractivity contribution < 1.29 is 19.1 Å². The lowest BCUT2D eigenvalue weighted by Crippen LogP contribution is -2.32. The van der Waals surface area contributed by atoms with Crippen molar-refractivity contribution in [2.45, 2.75) is 18.9 Å². The lowest BCUT2D eigenvalue weighted by atomic mass is 10.0. The number of carbonyl (C=O) groups excluding carboxylic acids is 2. The number of carbonyl (C=O) groups is 2. The molecule has 2 aromatic carbocycles. The third-order valence-corrected chi connectivity index (χ3v) is 3.97. The molecule has 6 nitrogen and oxygen atoms in total. The Hall–Kier alpha value is -2.93. The van der Waals surface area contributed by atoms with Crippen molar-refractivity contribution in [1.82, 2.24) is 5.32 Å². The van der Waals surface area contributed by atoms with E-state index in [-0.39, 0.29) is 18.3 Å². The molecule has 0 aromatic heterocycles. The van der Waals surface area contributed by atoms with E-state index in [4.69, 9.17) is 0 Å². The Bertz CT molecular complexity index is 793. The molecule has 0 aliphatic carbocycles. The molecule has 2 aromatic rings. The average Bonchev–Trinajstić information content (AvgIpc) is 2.60. The zero-order valence-corrected chi connectivity index (χ0v) is 13.4. The molecule has 1 atom stereocenters. The highest BCUT2D eigenvalue weighted by Gasteiger charge is 2.15. The molecule has 0 radical (unpaired) electrons. The third-order valence-electron chi connectivity index (χ3n) is 3.97. The van der Waals surface area contributed by atoms with E-state index in [9.17, 15) is 19.1 Å². The van der Waals surface area contributed by atoms with Crippen LogP contribution in [0.4, 0.5) is 20.6 Å². The molecule has 3 rings (SSSR count). The summed E-state index contributed by atoms with van der Waals surface area (Å²) >= 11 is 0. The molecule has 7 heteroatoms.